The quantitative estimate of drug-likeness (QED) is 0.906. The van der Waals surface area contributed by atoms with Crippen molar-refractivity contribution in [3.05, 3.63) is 59.4 Å². The molecular weight excluding hydrogens is 273 g/mol. The summed E-state index contributed by atoms with van der Waals surface area (Å²) in [6.07, 6.45) is -0.873. The van der Waals surface area contributed by atoms with E-state index in [1.54, 1.807) is 0 Å². The van der Waals surface area contributed by atoms with E-state index in [0.29, 0.717) is 10.5 Å². The minimum atomic E-state index is -0.873. The SMILES string of the molecule is C[C@H](O)c1cc(F)ccc1Sc1ccc(F)cc1F. The number of halogens is 3. The molecule has 0 saturated carbocycles. The van der Waals surface area contributed by atoms with Crippen LogP contribution in [0.2, 0.25) is 0 Å². The smallest absolute Gasteiger partial charge is 0.140 e. The summed E-state index contributed by atoms with van der Waals surface area (Å²) < 4.78 is 39.5. The summed E-state index contributed by atoms with van der Waals surface area (Å²) in [5, 5.41) is 9.59. The van der Waals surface area contributed by atoms with E-state index in [2.05, 4.69) is 0 Å². The van der Waals surface area contributed by atoms with Crippen molar-refractivity contribution < 1.29 is 18.3 Å². The summed E-state index contributed by atoms with van der Waals surface area (Å²) in [6.45, 7) is 1.50. The second-order valence-electron chi connectivity index (χ2n) is 4.03. The van der Waals surface area contributed by atoms with Gasteiger partial charge in [0.1, 0.15) is 17.5 Å². The third-order valence-electron chi connectivity index (χ3n) is 2.54. The van der Waals surface area contributed by atoms with Crippen molar-refractivity contribution in [2.24, 2.45) is 0 Å². The van der Waals surface area contributed by atoms with Gasteiger partial charge in [-0.05, 0) is 42.8 Å². The van der Waals surface area contributed by atoms with Gasteiger partial charge in [0.15, 0.2) is 0 Å². The summed E-state index contributed by atoms with van der Waals surface area (Å²) in [6, 6.07) is 7.14. The van der Waals surface area contributed by atoms with Gasteiger partial charge >= 0.3 is 0 Å². The Hall–Kier alpha value is -1.46. The van der Waals surface area contributed by atoms with Gasteiger partial charge < -0.3 is 5.11 Å². The van der Waals surface area contributed by atoms with Crippen molar-refractivity contribution in [3.63, 3.8) is 0 Å². The van der Waals surface area contributed by atoms with Gasteiger partial charge in [-0.15, -0.1) is 0 Å². The third-order valence-corrected chi connectivity index (χ3v) is 3.68. The first kappa shape index (κ1) is 14.0. The third kappa shape index (κ3) is 3.30. The minimum Gasteiger partial charge on any atom is -0.389 e. The lowest BCUT2D eigenvalue weighted by atomic mass is 10.1. The van der Waals surface area contributed by atoms with E-state index in [1.807, 2.05) is 0 Å². The van der Waals surface area contributed by atoms with Crippen LogP contribution in [-0.4, -0.2) is 5.11 Å². The molecule has 1 nitrogen and oxygen atoms in total. The van der Waals surface area contributed by atoms with E-state index >= 15 is 0 Å². The minimum absolute atomic E-state index is 0.218. The van der Waals surface area contributed by atoms with Crippen molar-refractivity contribution in [1.29, 1.82) is 0 Å². The summed E-state index contributed by atoms with van der Waals surface area (Å²) in [7, 11) is 0. The Bertz CT molecular complexity index is 599. The number of aliphatic hydroxyl groups excluding tert-OH is 1. The molecule has 0 aliphatic heterocycles. The van der Waals surface area contributed by atoms with Crippen LogP contribution in [0.3, 0.4) is 0 Å². The van der Waals surface area contributed by atoms with Gasteiger partial charge in [0.25, 0.3) is 0 Å². The van der Waals surface area contributed by atoms with Crippen molar-refractivity contribution in [1.82, 2.24) is 0 Å². The molecule has 2 rings (SSSR count). The Kier molecular flexibility index (Phi) is 4.17. The molecule has 1 atom stereocenters. The van der Waals surface area contributed by atoms with Gasteiger partial charge in [-0.1, -0.05) is 11.8 Å². The van der Waals surface area contributed by atoms with Gasteiger partial charge in [0.05, 0.1) is 6.10 Å². The molecule has 0 radical (unpaired) electrons. The molecule has 0 bridgehead atoms. The lowest BCUT2D eigenvalue weighted by molar-refractivity contribution is 0.196. The van der Waals surface area contributed by atoms with Crippen LogP contribution in [0, 0.1) is 17.5 Å². The second-order valence-corrected chi connectivity index (χ2v) is 5.12. The maximum atomic E-state index is 13.6. The van der Waals surface area contributed by atoms with Gasteiger partial charge in [-0.3, -0.25) is 0 Å². The van der Waals surface area contributed by atoms with Gasteiger partial charge in [0.2, 0.25) is 0 Å². The van der Waals surface area contributed by atoms with Gasteiger partial charge in [-0.2, -0.15) is 0 Å². The topological polar surface area (TPSA) is 20.2 Å². The molecule has 1 N–H and O–H groups in total. The molecule has 0 heterocycles. The molecular formula is C14H11F3OS. The predicted octanol–water partition coefficient (Wildman–Crippen LogP) is 4.31. The highest BCUT2D eigenvalue weighted by atomic mass is 32.2. The molecule has 19 heavy (non-hydrogen) atoms. The van der Waals surface area contributed by atoms with Crippen molar-refractivity contribution in [3.8, 4) is 0 Å². The number of rotatable bonds is 3. The molecule has 0 unspecified atom stereocenters. The molecule has 0 spiro atoms. The van der Waals surface area contributed by atoms with Crippen LogP contribution in [0.15, 0.2) is 46.2 Å². The zero-order valence-electron chi connectivity index (χ0n) is 10.0. The molecule has 0 fully saturated rings. The molecule has 0 aromatic heterocycles. The van der Waals surface area contributed by atoms with E-state index in [9.17, 15) is 18.3 Å². The van der Waals surface area contributed by atoms with Crippen LogP contribution < -0.4 is 0 Å². The first-order valence-corrected chi connectivity index (χ1v) is 6.39. The number of hydrogen-bond donors (Lipinski definition) is 1. The lowest BCUT2D eigenvalue weighted by Crippen LogP contribution is -1.95. The fraction of sp³-hybridized carbons (Fsp3) is 0.143. The standard InChI is InChI=1S/C14H11F3OS/c1-8(18)11-6-9(15)2-4-13(11)19-14-5-3-10(16)7-12(14)17/h2-8,18H,1H3/t8-/m0/s1. The Morgan fingerprint density at radius 1 is 0.947 bits per heavy atom. The molecule has 2 aromatic rings. The molecule has 0 aliphatic rings. The van der Waals surface area contributed by atoms with Crippen molar-refractivity contribution >= 4 is 11.8 Å². The van der Waals surface area contributed by atoms with E-state index in [0.717, 1.165) is 23.9 Å². The lowest BCUT2D eigenvalue weighted by Gasteiger charge is -2.12. The van der Waals surface area contributed by atoms with E-state index in [4.69, 9.17) is 0 Å². The normalized spacial score (nSPS) is 12.5. The van der Waals surface area contributed by atoms with E-state index < -0.39 is 23.6 Å². The molecule has 0 amide bonds. The maximum absolute atomic E-state index is 13.6. The first-order chi connectivity index (χ1) is 8.97. The highest BCUT2D eigenvalue weighted by molar-refractivity contribution is 7.99. The number of hydrogen-bond acceptors (Lipinski definition) is 2. The summed E-state index contributed by atoms with van der Waals surface area (Å²) in [5.74, 6) is -1.82. The van der Waals surface area contributed by atoms with Crippen molar-refractivity contribution in [2.45, 2.75) is 22.8 Å². The monoisotopic (exact) mass is 284 g/mol. The molecule has 5 heteroatoms. The fourth-order valence-corrected chi connectivity index (χ4v) is 2.63. The van der Waals surface area contributed by atoms with Gasteiger partial charge in [-0.25, -0.2) is 13.2 Å². The highest BCUT2D eigenvalue weighted by Crippen LogP contribution is 2.35. The second kappa shape index (κ2) is 5.67. The maximum Gasteiger partial charge on any atom is 0.140 e. The van der Waals surface area contributed by atoms with E-state index in [1.165, 1.54) is 31.2 Å². The summed E-state index contributed by atoms with van der Waals surface area (Å²) in [4.78, 5) is 0.747. The Morgan fingerprint density at radius 2 is 1.53 bits per heavy atom. The highest BCUT2D eigenvalue weighted by Gasteiger charge is 2.13. The predicted molar refractivity (Wildman–Crippen MR) is 67.5 cm³/mol. The van der Waals surface area contributed by atoms with Crippen LogP contribution in [0.25, 0.3) is 0 Å². The zero-order valence-corrected chi connectivity index (χ0v) is 10.8. The number of benzene rings is 2. The van der Waals surface area contributed by atoms with Crippen LogP contribution in [0.1, 0.15) is 18.6 Å². The van der Waals surface area contributed by atoms with Gasteiger partial charge in [0, 0.05) is 15.9 Å². The molecule has 0 saturated heterocycles. The summed E-state index contributed by atoms with van der Waals surface area (Å²) >= 11 is 1.02. The van der Waals surface area contributed by atoms with Crippen LogP contribution >= 0.6 is 11.8 Å². The fourth-order valence-electron chi connectivity index (χ4n) is 1.62. The number of aliphatic hydroxyl groups is 1. The van der Waals surface area contributed by atoms with Crippen LogP contribution in [-0.2, 0) is 0 Å². The van der Waals surface area contributed by atoms with Crippen LogP contribution in [0.4, 0.5) is 13.2 Å². The average molecular weight is 284 g/mol. The average Bonchev–Trinajstić information content (AvgIpc) is 2.34. The molecule has 0 aliphatic carbocycles. The Labute approximate surface area is 113 Å². The van der Waals surface area contributed by atoms with E-state index in [-0.39, 0.29) is 4.90 Å². The van der Waals surface area contributed by atoms with Crippen LogP contribution in [0.5, 0.6) is 0 Å². The largest absolute Gasteiger partial charge is 0.389 e. The van der Waals surface area contributed by atoms with Crippen molar-refractivity contribution in [2.75, 3.05) is 0 Å². The molecule has 100 valence electrons. The zero-order chi connectivity index (χ0) is 14.0. The Morgan fingerprint density at radius 3 is 2.11 bits per heavy atom. The molecule has 2 aromatic carbocycles. The first-order valence-electron chi connectivity index (χ1n) is 5.58. The Balaban J connectivity index is 2.38. The summed E-state index contributed by atoms with van der Waals surface area (Å²) in [5.41, 5.74) is 0.369.